The van der Waals surface area contributed by atoms with Crippen LogP contribution in [-0.4, -0.2) is 43.5 Å². The highest BCUT2D eigenvalue weighted by Gasteiger charge is 2.37. The zero-order chi connectivity index (χ0) is 17.9. The second-order valence-corrected chi connectivity index (χ2v) is 7.17. The van der Waals surface area contributed by atoms with Crippen LogP contribution < -0.4 is 15.8 Å². The van der Waals surface area contributed by atoms with Crippen LogP contribution in [0.3, 0.4) is 0 Å². The lowest BCUT2D eigenvalue weighted by atomic mass is 9.93. The van der Waals surface area contributed by atoms with Gasteiger partial charge in [0.25, 0.3) is 0 Å². The number of hydrogen-bond donors (Lipinski definition) is 2. The van der Waals surface area contributed by atoms with Crippen molar-refractivity contribution in [3.8, 4) is 0 Å². The molecule has 0 saturated carbocycles. The number of carbonyl (C=O) groups excluding carboxylic acids is 1. The number of rotatable bonds is 3. The quantitative estimate of drug-likeness (QED) is 0.890. The zero-order valence-electron chi connectivity index (χ0n) is 15.2. The fraction of sp³-hybridized carbons (Fsp3) is 0.381. The van der Waals surface area contributed by atoms with Gasteiger partial charge in [-0.05, 0) is 24.6 Å². The highest BCUT2D eigenvalue weighted by atomic mass is 16.2. The van der Waals surface area contributed by atoms with E-state index in [1.807, 2.05) is 23.1 Å². The molecule has 5 nitrogen and oxygen atoms in total. The third-order valence-electron chi connectivity index (χ3n) is 5.45. The molecule has 2 aliphatic heterocycles. The van der Waals surface area contributed by atoms with E-state index in [-0.39, 0.29) is 17.9 Å². The average Bonchev–Trinajstić information content (AvgIpc) is 3.19. The van der Waals surface area contributed by atoms with Crippen LogP contribution in [0, 0.1) is 12.8 Å². The fourth-order valence-corrected chi connectivity index (χ4v) is 3.88. The van der Waals surface area contributed by atoms with Gasteiger partial charge in [-0.25, -0.2) is 5.43 Å². The van der Waals surface area contributed by atoms with Gasteiger partial charge in [-0.15, -0.1) is 0 Å². The maximum Gasteiger partial charge on any atom is 0.229 e. The number of anilines is 1. The van der Waals surface area contributed by atoms with Crippen molar-refractivity contribution < 1.29 is 4.79 Å². The number of piperazine rings is 1. The first-order valence-corrected chi connectivity index (χ1v) is 9.36. The minimum atomic E-state index is -0.0525. The van der Waals surface area contributed by atoms with E-state index in [9.17, 15) is 4.79 Å². The Morgan fingerprint density at radius 2 is 1.65 bits per heavy atom. The van der Waals surface area contributed by atoms with Crippen molar-refractivity contribution in [2.45, 2.75) is 13.0 Å². The number of nitrogens with zero attached hydrogens (tertiary/aromatic N) is 2. The van der Waals surface area contributed by atoms with Gasteiger partial charge in [-0.3, -0.25) is 10.2 Å². The van der Waals surface area contributed by atoms with Crippen LogP contribution in [0.4, 0.5) is 5.69 Å². The molecule has 0 aliphatic carbocycles. The van der Waals surface area contributed by atoms with Crippen molar-refractivity contribution in [3.63, 3.8) is 0 Å². The summed E-state index contributed by atoms with van der Waals surface area (Å²) in [6.45, 7) is 6.12. The maximum atomic E-state index is 13.1. The lowest BCUT2D eigenvalue weighted by molar-refractivity contribution is -0.135. The van der Waals surface area contributed by atoms with Gasteiger partial charge in [0.1, 0.15) is 0 Å². The van der Waals surface area contributed by atoms with Crippen molar-refractivity contribution in [1.82, 2.24) is 15.8 Å². The predicted molar refractivity (Wildman–Crippen MR) is 104 cm³/mol. The molecule has 2 heterocycles. The molecular formula is C21H26N4O. The molecule has 2 saturated heterocycles. The van der Waals surface area contributed by atoms with Crippen LogP contribution in [0.1, 0.15) is 17.2 Å². The molecule has 0 aromatic heterocycles. The Balaban J connectivity index is 1.39. The van der Waals surface area contributed by atoms with E-state index in [2.05, 4.69) is 59.1 Å². The minimum Gasteiger partial charge on any atom is -0.368 e. The van der Waals surface area contributed by atoms with Gasteiger partial charge in [0.15, 0.2) is 0 Å². The Bertz CT molecular complexity index is 738. The number of benzene rings is 2. The smallest absolute Gasteiger partial charge is 0.229 e. The molecule has 5 heteroatoms. The topological polar surface area (TPSA) is 47.6 Å². The molecule has 1 amide bonds. The van der Waals surface area contributed by atoms with Crippen LogP contribution in [0.5, 0.6) is 0 Å². The van der Waals surface area contributed by atoms with Crippen LogP contribution in [0.15, 0.2) is 54.6 Å². The standard InChI is InChI=1S/C21H26N4O/c1-16-7-9-18(10-8-16)24-11-13-25(14-12-24)21(26)19-15-22-23-20(19)17-5-3-2-4-6-17/h2-10,19-20,22-23H,11-15H2,1H3. The maximum absolute atomic E-state index is 13.1. The molecular weight excluding hydrogens is 324 g/mol. The van der Waals surface area contributed by atoms with E-state index in [1.54, 1.807) is 0 Å². The summed E-state index contributed by atoms with van der Waals surface area (Å²) in [7, 11) is 0. The molecule has 26 heavy (non-hydrogen) atoms. The van der Waals surface area contributed by atoms with E-state index in [4.69, 9.17) is 0 Å². The van der Waals surface area contributed by atoms with Crippen LogP contribution in [0.25, 0.3) is 0 Å². The first-order valence-electron chi connectivity index (χ1n) is 9.36. The molecule has 0 radical (unpaired) electrons. The normalized spacial score (nSPS) is 23.3. The summed E-state index contributed by atoms with van der Waals surface area (Å²) >= 11 is 0. The van der Waals surface area contributed by atoms with E-state index in [0.717, 1.165) is 31.7 Å². The second kappa shape index (κ2) is 7.48. The summed E-state index contributed by atoms with van der Waals surface area (Å²) in [6.07, 6.45) is 0. The van der Waals surface area contributed by atoms with Gasteiger partial charge < -0.3 is 9.80 Å². The Hall–Kier alpha value is -2.37. The van der Waals surface area contributed by atoms with Crippen LogP contribution in [0.2, 0.25) is 0 Å². The predicted octanol–water partition coefficient (Wildman–Crippen LogP) is 2.11. The van der Waals surface area contributed by atoms with Crippen molar-refractivity contribution >= 4 is 11.6 Å². The molecule has 2 aliphatic rings. The third kappa shape index (κ3) is 3.45. The van der Waals surface area contributed by atoms with Crippen LogP contribution >= 0.6 is 0 Å². The number of amides is 1. The molecule has 136 valence electrons. The average molecular weight is 350 g/mol. The summed E-state index contributed by atoms with van der Waals surface area (Å²) in [5.41, 5.74) is 10.1. The summed E-state index contributed by atoms with van der Waals surface area (Å²) in [5.74, 6) is 0.197. The Morgan fingerprint density at radius 1 is 0.962 bits per heavy atom. The number of carbonyl (C=O) groups is 1. The first-order chi connectivity index (χ1) is 12.7. The summed E-state index contributed by atoms with van der Waals surface area (Å²) in [6, 6.07) is 18.9. The number of aryl methyl sites for hydroxylation is 1. The molecule has 2 aromatic rings. The minimum absolute atomic E-state index is 0.0406. The van der Waals surface area contributed by atoms with Crippen molar-refractivity contribution in [3.05, 3.63) is 65.7 Å². The zero-order valence-corrected chi connectivity index (χ0v) is 15.2. The van der Waals surface area contributed by atoms with Gasteiger partial charge >= 0.3 is 0 Å². The van der Waals surface area contributed by atoms with E-state index in [0.29, 0.717) is 6.54 Å². The molecule has 0 bridgehead atoms. The largest absolute Gasteiger partial charge is 0.368 e. The lowest BCUT2D eigenvalue weighted by Gasteiger charge is -2.37. The molecule has 2 fully saturated rings. The summed E-state index contributed by atoms with van der Waals surface area (Å²) in [4.78, 5) is 17.5. The highest BCUT2D eigenvalue weighted by Crippen LogP contribution is 2.27. The molecule has 2 atom stereocenters. The summed E-state index contributed by atoms with van der Waals surface area (Å²) in [5, 5.41) is 0. The van der Waals surface area contributed by atoms with Gasteiger partial charge in [0, 0.05) is 38.4 Å². The molecule has 2 N–H and O–H groups in total. The summed E-state index contributed by atoms with van der Waals surface area (Å²) < 4.78 is 0. The van der Waals surface area contributed by atoms with Gasteiger partial charge in [-0.1, -0.05) is 48.0 Å². The van der Waals surface area contributed by atoms with Crippen molar-refractivity contribution in [2.24, 2.45) is 5.92 Å². The SMILES string of the molecule is Cc1ccc(N2CCN(C(=O)C3CNNC3c3ccccc3)CC2)cc1. The van der Waals surface area contributed by atoms with Crippen molar-refractivity contribution in [2.75, 3.05) is 37.6 Å². The third-order valence-corrected chi connectivity index (χ3v) is 5.45. The first kappa shape index (κ1) is 17.1. The van der Waals surface area contributed by atoms with E-state index >= 15 is 0 Å². The van der Waals surface area contributed by atoms with E-state index in [1.165, 1.54) is 11.3 Å². The fourth-order valence-electron chi connectivity index (χ4n) is 3.88. The number of hydrazine groups is 1. The molecule has 4 rings (SSSR count). The van der Waals surface area contributed by atoms with Crippen molar-refractivity contribution in [1.29, 1.82) is 0 Å². The molecule has 2 aromatic carbocycles. The van der Waals surface area contributed by atoms with E-state index < -0.39 is 0 Å². The van der Waals surface area contributed by atoms with Gasteiger partial charge in [-0.2, -0.15) is 0 Å². The van der Waals surface area contributed by atoms with Gasteiger partial charge in [0.05, 0.1) is 12.0 Å². The second-order valence-electron chi connectivity index (χ2n) is 7.17. The Kier molecular flexibility index (Phi) is 4.91. The molecule has 2 unspecified atom stereocenters. The molecule has 0 spiro atoms. The Morgan fingerprint density at radius 3 is 2.35 bits per heavy atom. The van der Waals surface area contributed by atoms with Gasteiger partial charge in [0.2, 0.25) is 5.91 Å². The number of hydrogen-bond acceptors (Lipinski definition) is 4. The van der Waals surface area contributed by atoms with Crippen LogP contribution in [-0.2, 0) is 4.79 Å². The lowest BCUT2D eigenvalue weighted by Crippen LogP contribution is -2.51. The Labute approximate surface area is 155 Å². The highest BCUT2D eigenvalue weighted by molar-refractivity contribution is 5.80. The number of nitrogens with one attached hydrogen (secondary N) is 2. The monoisotopic (exact) mass is 350 g/mol.